The number of carbonyl (C=O) groups excluding carboxylic acids is 5. The second kappa shape index (κ2) is 13.9. The summed E-state index contributed by atoms with van der Waals surface area (Å²) < 4.78 is 0. The van der Waals surface area contributed by atoms with Gasteiger partial charge in [0.25, 0.3) is 5.91 Å². The third-order valence-corrected chi connectivity index (χ3v) is 9.24. The number of urea groups is 1. The maximum Gasteiger partial charge on any atom is 0.315 e. The van der Waals surface area contributed by atoms with Crippen molar-refractivity contribution in [3.63, 3.8) is 0 Å². The van der Waals surface area contributed by atoms with Gasteiger partial charge in [0.1, 0.15) is 12.1 Å². The molecular weight excluding hydrogens is 534 g/mol. The number of ketones is 1. The molecule has 0 aromatic heterocycles. The van der Waals surface area contributed by atoms with Gasteiger partial charge in [-0.1, -0.05) is 66.0 Å². The maximum atomic E-state index is 14.1. The maximum absolute atomic E-state index is 14.1. The average molecular weight is 586 g/mol. The van der Waals surface area contributed by atoms with Crippen molar-refractivity contribution in [1.29, 1.82) is 0 Å². The SMILES string of the molecule is C=CCCNC(=O)C(=O)C(CCC=C)NC(=O)[C@@H]1[C@@H]2[C@H](CN1C(=O)[C@@H](NC(=O)NC1CCCCC1)C(C)(C)C)C2(C)C. The van der Waals surface area contributed by atoms with Gasteiger partial charge in [0.05, 0.1) is 6.04 Å². The average Bonchev–Trinajstić information content (AvgIpc) is 3.24. The Morgan fingerprint density at radius 1 is 0.976 bits per heavy atom. The fourth-order valence-electron chi connectivity index (χ4n) is 6.58. The van der Waals surface area contributed by atoms with E-state index in [2.05, 4.69) is 48.3 Å². The number of carbonyl (C=O) groups is 5. The Balaban J connectivity index is 1.78. The van der Waals surface area contributed by atoms with Crippen molar-refractivity contribution in [2.45, 2.75) is 110 Å². The molecule has 4 N–H and O–H groups in total. The van der Waals surface area contributed by atoms with Crippen LogP contribution in [0.1, 0.15) is 86.0 Å². The van der Waals surface area contributed by atoms with Crippen LogP contribution in [-0.2, 0) is 19.2 Å². The Labute approximate surface area is 250 Å². The van der Waals surface area contributed by atoms with Crippen LogP contribution in [0.4, 0.5) is 4.79 Å². The zero-order valence-corrected chi connectivity index (χ0v) is 26.1. The summed E-state index contributed by atoms with van der Waals surface area (Å²) >= 11 is 0. The molecule has 0 aromatic rings. The molecular formula is C32H51N5O5. The third-order valence-electron chi connectivity index (χ3n) is 9.24. The number of fused-ring (bicyclic) bond motifs is 1. The molecule has 42 heavy (non-hydrogen) atoms. The molecule has 3 fully saturated rings. The predicted octanol–water partition coefficient (Wildman–Crippen LogP) is 3.23. The minimum absolute atomic E-state index is 0.0882. The first kappa shape index (κ1) is 33.3. The van der Waals surface area contributed by atoms with Crippen molar-refractivity contribution in [3.8, 4) is 0 Å². The van der Waals surface area contributed by atoms with E-state index in [0.29, 0.717) is 19.4 Å². The number of hydrogen-bond donors (Lipinski definition) is 4. The Morgan fingerprint density at radius 3 is 2.21 bits per heavy atom. The molecule has 5 amide bonds. The van der Waals surface area contributed by atoms with Gasteiger partial charge in [-0.05, 0) is 54.8 Å². The lowest BCUT2D eigenvalue weighted by atomic mass is 9.85. The van der Waals surface area contributed by atoms with Gasteiger partial charge in [-0.25, -0.2) is 4.79 Å². The highest BCUT2D eigenvalue weighted by Crippen LogP contribution is 2.65. The second-order valence-electron chi connectivity index (χ2n) is 13.8. The van der Waals surface area contributed by atoms with E-state index >= 15 is 0 Å². The van der Waals surface area contributed by atoms with E-state index in [1.165, 1.54) is 6.42 Å². The van der Waals surface area contributed by atoms with Gasteiger partial charge in [-0.3, -0.25) is 19.2 Å². The number of Topliss-reactive ketones (excluding diaryl/α,β-unsaturated/α-hetero) is 1. The molecule has 0 aromatic carbocycles. The number of hydrogen-bond acceptors (Lipinski definition) is 5. The molecule has 3 aliphatic rings. The quantitative estimate of drug-likeness (QED) is 0.149. The van der Waals surface area contributed by atoms with Gasteiger partial charge in [-0.2, -0.15) is 0 Å². The van der Waals surface area contributed by atoms with Gasteiger partial charge < -0.3 is 26.2 Å². The van der Waals surface area contributed by atoms with Crippen LogP contribution in [0.15, 0.2) is 25.3 Å². The summed E-state index contributed by atoms with van der Waals surface area (Å²) in [5, 5.41) is 11.3. The highest BCUT2D eigenvalue weighted by molar-refractivity contribution is 6.38. The Hall–Kier alpha value is -3.17. The highest BCUT2D eigenvalue weighted by Gasteiger charge is 2.69. The molecule has 10 nitrogen and oxygen atoms in total. The number of amides is 5. The normalized spacial score (nSPS) is 24.4. The van der Waals surface area contributed by atoms with Gasteiger partial charge in [0.15, 0.2) is 0 Å². The topological polar surface area (TPSA) is 137 Å². The van der Waals surface area contributed by atoms with Crippen molar-refractivity contribution in [2.75, 3.05) is 13.1 Å². The summed E-state index contributed by atoms with van der Waals surface area (Å²) in [5.41, 5.74) is -0.763. The fourth-order valence-corrected chi connectivity index (χ4v) is 6.58. The van der Waals surface area contributed by atoms with Crippen LogP contribution >= 0.6 is 0 Å². The second-order valence-corrected chi connectivity index (χ2v) is 13.8. The van der Waals surface area contributed by atoms with E-state index in [1.807, 2.05) is 20.8 Å². The van der Waals surface area contributed by atoms with Crippen LogP contribution < -0.4 is 21.3 Å². The van der Waals surface area contributed by atoms with Gasteiger partial charge in [0, 0.05) is 19.1 Å². The third kappa shape index (κ3) is 7.81. The van der Waals surface area contributed by atoms with Crippen molar-refractivity contribution in [1.82, 2.24) is 26.2 Å². The van der Waals surface area contributed by atoms with E-state index in [0.717, 1.165) is 25.7 Å². The van der Waals surface area contributed by atoms with Gasteiger partial charge in [-0.15, -0.1) is 13.2 Å². The van der Waals surface area contributed by atoms with E-state index in [-0.39, 0.29) is 48.2 Å². The molecule has 0 bridgehead atoms. The van der Waals surface area contributed by atoms with Crippen LogP contribution in [-0.4, -0.2) is 71.7 Å². The minimum Gasteiger partial charge on any atom is -0.349 e. The van der Waals surface area contributed by atoms with Crippen LogP contribution in [0.3, 0.4) is 0 Å². The zero-order chi connectivity index (χ0) is 31.2. The van der Waals surface area contributed by atoms with E-state index in [4.69, 9.17) is 0 Å². The summed E-state index contributed by atoms with van der Waals surface area (Å²) in [4.78, 5) is 68.1. The number of nitrogens with one attached hydrogen (secondary N) is 4. The van der Waals surface area contributed by atoms with Crippen molar-refractivity contribution < 1.29 is 24.0 Å². The van der Waals surface area contributed by atoms with Crippen molar-refractivity contribution in [3.05, 3.63) is 25.3 Å². The number of rotatable bonds is 13. The lowest BCUT2D eigenvalue weighted by molar-refractivity contribution is -0.145. The number of piperidine rings is 1. The molecule has 1 saturated heterocycles. The fraction of sp³-hybridized carbons (Fsp3) is 0.719. The van der Waals surface area contributed by atoms with Crippen LogP contribution in [0.25, 0.3) is 0 Å². The molecule has 1 unspecified atom stereocenters. The lowest BCUT2D eigenvalue weighted by Crippen LogP contribution is -2.61. The van der Waals surface area contributed by atoms with E-state index in [1.54, 1.807) is 17.1 Å². The molecule has 0 radical (unpaired) electrons. The first-order chi connectivity index (χ1) is 19.7. The van der Waals surface area contributed by atoms with Gasteiger partial charge in [0.2, 0.25) is 17.6 Å². The Morgan fingerprint density at radius 2 is 1.62 bits per heavy atom. The molecule has 10 heteroatoms. The molecule has 234 valence electrons. The molecule has 1 aliphatic heterocycles. The summed E-state index contributed by atoms with van der Waals surface area (Å²) in [6.45, 7) is 17.8. The Bertz CT molecular complexity index is 1060. The summed E-state index contributed by atoms with van der Waals surface area (Å²) in [6, 6.07) is -3.00. The minimum atomic E-state index is -1.05. The van der Waals surface area contributed by atoms with Crippen LogP contribution in [0.5, 0.6) is 0 Å². The van der Waals surface area contributed by atoms with Crippen LogP contribution in [0.2, 0.25) is 0 Å². The van der Waals surface area contributed by atoms with Gasteiger partial charge >= 0.3 is 6.03 Å². The van der Waals surface area contributed by atoms with E-state index in [9.17, 15) is 24.0 Å². The summed E-state index contributed by atoms with van der Waals surface area (Å²) in [5.74, 6) is -2.24. The molecule has 2 aliphatic carbocycles. The molecule has 5 atom stereocenters. The lowest BCUT2D eigenvalue weighted by Gasteiger charge is -2.38. The summed E-state index contributed by atoms with van der Waals surface area (Å²) in [7, 11) is 0. The van der Waals surface area contributed by atoms with Crippen LogP contribution in [0, 0.1) is 22.7 Å². The number of allylic oxidation sites excluding steroid dienone is 1. The molecule has 2 saturated carbocycles. The smallest absolute Gasteiger partial charge is 0.315 e. The highest BCUT2D eigenvalue weighted by atomic mass is 16.2. The monoisotopic (exact) mass is 585 g/mol. The molecule has 0 spiro atoms. The number of likely N-dealkylation sites (tertiary alicyclic amines) is 1. The van der Waals surface area contributed by atoms with Crippen molar-refractivity contribution >= 4 is 29.5 Å². The standard InChI is InChI=1S/C32H51N5O5/c1-8-10-17-22(25(38)28(40)33-18-11-9-2)35-27(39)24-23-21(32(23,6)7)19-37(24)29(41)26(31(3,4)5)36-30(42)34-20-15-13-12-14-16-20/h8-9,20-24,26H,1-2,10-19H2,3-7H3,(H,33,40)(H,35,39)(H2,34,36,42)/t21-,22?,23-,24-,26+/m0/s1. The molecule has 3 rings (SSSR count). The first-order valence-corrected chi connectivity index (χ1v) is 15.5. The Kier molecular flexibility index (Phi) is 11.0. The zero-order valence-electron chi connectivity index (χ0n) is 26.1. The number of nitrogens with zero attached hydrogens (tertiary/aromatic N) is 1. The molecule has 1 heterocycles. The first-order valence-electron chi connectivity index (χ1n) is 15.5. The van der Waals surface area contributed by atoms with E-state index < -0.39 is 41.1 Å². The predicted molar refractivity (Wildman–Crippen MR) is 162 cm³/mol. The summed E-state index contributed by atoms with van der Waals surface area (Å²) in [6.07, 6.45) is 9.58. The van der Waals surface area contributed by atoms with Crippen molar-refractivity contribution in [2.24, 2.45) is 22.7 Å². The largest absolute Gasteiger partial charge is 0.349 e.